The molecule has 0 spiro atoms. The molecule has 4 nitrogen and oxygen atoms in total. The molecule has 0 saturated carbocycles. The smallest absolute Gasteiger partial charge is 0.303 e. The fourth-order valence-corrected chi connectivity index (χ4v) is 2.15. The molecule has 1 unspecified atom stereocenters. The zero-order valence-corrected chi connectivity index (χ0v) is 12.9. The lowest BCUT2D eigenvalue weighted by Crippen LogP contribution is -2.37. The summed E-state index contributed by atoms with van der Waals surface area (Å²) in [4.78, 5) is 23.2. The average Bonchev–Trinajstić information content (AvgIpc) is 2.50. The highest BCUT2D eigenvalue weighted by atomic mass is 16.4. The zero-order chi connectivity index (χ0) is 15.7. The van der Waals surface area contributed by atoms with Crippen molar-refractivity contribution in [1.29, 1.82) is 0 Å². The first-order valence-corrected chi connectivity index (χ1v) is 7.66. The van der Waals surface area contributed by atoms with E-state index in [1.54, 1.807) is 0 Å². The number of hydrogen-bond acceptors (Lipinski definition) is 3. The van der Waals surface area contributed by atoms with Crippen LogP contribution < -0.4 is 5.32 Å². The zero-order valence-electron chi connectivity index (χ0n) is 12.9. The molecule has 0 radical (unpaired) electrons. The number of carbonyl (C=O) groups excluding carboxylic acids is 1. The molecule has 1 rings (SSSR count). The molecule has 1 aromatic rings. The molecule has 4 heteroatoms. The lowest BCUT2D eigenvalue weighted by atomic mass is 9.98. The van der Waals surface area contributed by atoms with E-state index in [-0.39, 0.29) is 12.2 Å². The summed E-state index contributed by atoms with van der Waals surface area (Å²) in [5.41, 5.74) is 1.83. The number of carboxylic acids is 1. The number of unbranched alkanes of at least 4 members (excludes halogenated alkanes) is 1. The molecular formula is C17H25NO3. The summed E-state index contributed by atoms with van der Waals surface area (Å²) in [6, 6.07) is 7.15. The molecule has 1 atom stereocenters. The van der Waals surface area contributed by atoms with E-state index in [1.165, 1.54) is 5.56 Å². The minimum absolute atomic E-state index is 0.00255. The van der Waals surface area contributed by atoms with Crippen LogP contribution in [-0.4, -0.2) is 29.4 Å². The molecule has 0 fully saturated rings. The van der Waals surface area contributed by atoms with Crippen molar-refractivity contribution in [1.82, 2.24) is 5.32 Å². The summed E-state index contributed by atoms with van der Waals surface area (Å²) in [7, 11) is 0. The number of carboxylic acid groups (broad SMARTS) is 1. The van der Waals surface area contributed by atoms with Crippen molar-refractivity contribution in [3.8, 4) is 0 Å². The molecule has 0 aliphatic heterocycles. The van der Waals surface area contributed by atoms with E-state index in [0.29, 0.717) is 12.0 Å². The fraction of sp³-hybridized carbons (Fsp3) is 0.529. The lowest BCUT2D eigenvalue weighted by Gasteiger charge is -2.17. The number of hydrogen-bond donors (Lipinski definition) is 2. The standard InChI is InChI=1S/C17H25NO3/c1-3-5-12-18-15(10-11-16(19)20)17(21)14-8-6-13(4-2)7-9-14/h6-9,15,18H,3-5,10-12H2,1-2H3,(H,19,20). The Hall–Kier alpha value is -1.68. The Balaban J connectivity index is 2.73. The van der Waals surface area contributed by atoms with Crippen LogP contribution in [0.4, 0.5) is 0 Å². The second-order valence-electron chi connectivity index (χ2n) is 5.21. The molecule has 0 amide bonds. The fourth-order valence-electron chi connectivity index (χ4n) is 2.15. The van der Waals surface area contributed by atoms with Crippen LogP contribution in [0, 0.1) is 0 Å². The maximum absolute atomic E-state index is 12.5. The Kier molecular flexibility index (Phi) is 7.69. The third kappa shape index (κ3) is 6.08. The minimum atomic E-state index is -0.869. The van der Waals surface area contributed by atoms with Crippen LogP contribution >= 0.6 is 0 Å². The van der Waals surface area contributed by atoms with Gasteiger partial charge in [-0.2, -0.15) is 0 Å². The topological polar surface area (TPSA) is 66.4 Å². The summed E-state index contributed by atoms with van der Waals surface area (Å²) in [5, 5.41) is 12.0. The number of ketones is 1. The Labute approximate surface area is 126 Å². The van der Waals surface area contributed by atoms with Crippen molar-refractivity contribution in [3.05, 3.63) is 35.4 Å². The number of carbonyl (C=O) groups is 2. The normalized spacial score (nSPS) is 12.1. The Morgan fingerprint density at radius 1 is 1.19 bits per heavy atom. The summed E-state index contributed by atoms with van der Waals surface area (Å²) < 4.78 is 0. The Morgan fingerprint density at radius 3 is 2.38 bits per heavy atom. The van der Waals surface area contributed by atoms with Crippen LogP contribution in [0.1, 0.15) is 55.5 Å². The SMILES string of the molecule is CCCCNC(CCC(=O)O)C(=O)c1ccc(CC)cc1. The predicted octanol–water partition coefficient (Wildman–Crippen LogP) is 3.05. The molecular weight excluding hydrogens is 266 g/mol. The van der Waals surface area contributed by atoms with Crippen molar-refractivity contribution < 1.29 is 14.7 Å². The number of nitrogens with one attached hydrogen (secondary N) is 1. The third-order valence-corrected chi connectivity index (χ3v) is 3.53. The van der Waals surface area contributed by atoms with Crippen molar-refractivity contribution in [2.45, 2.75) is 52.0 Å². The van der Waals surface area contributed by atoms with E-state index in [1.807, 2.05) is 24.3 Å². The van der Waals surface area contributed by atoms with E-state index in [4.69, 9.17) is 5.11 Å². The first-order valence-electron chi connectivity index (χ1n) is 7.66. The summed E-state index contributed by atoms with van der Waals surface area (Å²) >= 11 is 0. The summed E-state index contributed by atoms with van der Waals surface area (Å²) in [6.45, 7) is 4.89. The molecule has 0 aromatic heterocycles. The van der Waals surface area contributed by atoms with Gasteiger partial charge in [-0.15, -0.1) is 0 Å². The van der Waals surface area contributed by atoms with Crippen LogP contribution in [-0.2, 0) is 11.2 Å². The second kappa shape index (κ2) is 9.29. The maximum atomic E-state index is 12.5. The van der Waals surface area contributed by atoms with E-state index in [9.17, 15) is 9.59 Å². The number of Topliss-reactive ketones (excluding diaryl/α,β-unsaturated/α-hetero) is 1. The molecule has 116 valence electrons. The monoisotopic (exact) mass is 291 g/mol. The highest BCUT2D eigenvalue weighted by Gasteiger charge is 2.20. The van der Waals surface area contributed by atoms with Crippen molar-refractivity contribution in [2.24, 2.45) is 0 Å². The second-order valence-corrected chi connectivity index (χ2v) is 5.21. The van der Waals surface area contributed by atoms with Gasteiger partial charge in [-0.1, -0.05) is 44.5 Å². The number of aryl methyl sites for hydroxylation is 1. The van der Waals surface area contributed by atoms with Gasteiger partial charge in [0.2, 0.25) is 0 Å². The van der Waals surface area contributed by atoms with E-state index in [0.717, 1.165) is 25.8 Å². The highest BCUT2D eigenvalue weighted by molar-refractivity contribution is 6.00. The minimum Gasteiger partial charge on any atom is -0.481 e. The van der Waals surface area contributed by atoms with Crippen molar-refractivity contribution >= 4 is 11.8 Å². The van der Waals surface area contributed by atoms with Gasteiger partial charge in [0.25, 0.3) is 0 Å². The molecule has 0 heterocycles. The third-order valence-electron chi connectivity index (χ3n) is 3.53. The van der Waals surface area contributed by atoms with Gasteiger partial charge in [-0.05, 0) is 31.4 Å². The quantitative estimate of drug-likeness (QED) is 0.513. The maximum Gasteiger partial charge on any atom is 0.303 e. The lowest BCUT2D eigenvalue weighted by molar-refractivity contribution is -0.137. The van der Waals surface area contributed by atoms with Gasteiger partial charge < -0.3 is 10.4 Å². The van der Waals surface area contributed by atoms with Crippen LogP contribution in [0.3, 0.4) is 0 Å². The molecule has 0 saturated heterocycles. The molecule has 1 aromatic carbocycles. The first kappa shape index (κ1) is 17.4. The van der Waals surface area contributed by atoms with Crippen LogP contribution in [0.2, 0.25) is 0 Å². The van der Waals surface area contributed by atoms with E-state index < -0.39 is 12.0 Å². The van der Waals surface area contributed by atoms with E-state index >= 15 is 0 Å². The van der Waals surface area contributed by atoms with Gasteiger partial charge in [-0.25, -0.2) is 0 Å². The molecule has 0 aliphatic carbocycles. The van der Waals surface area contributed by atoms with Crippen LogP contribution in [0.5, 0.6) is 0 Å². The van der Waals surface area contributed by atoms with Crippen LogP contribution in [0.25, 0.3) is 0 Å². The molecule has 21 heavy (non-hydrogen) atoms. The van der Waals surface area contributed by atoms with Gasteiger partial charge in [-0.3, -0.25) is 9.59 Å². The summed E-state index contributed by atoms with van der Waals surface area (Å²) in [6.07, 6.45) is 3.28. The van der Waals surface area contributed by atoms with Gasteiger partial charge in [0.1, 0.15) is 0 Å². The van der Waals surface area contributed by atoms with Gasteiger partial charge in [0.15, 0.2) is 5.78 Å². The van der Waals surface area contributed by atoms with Crippen LogP contribution in [0.15, 0.2) is 24.3 Å². The van der Waals surface area contributed by atoms with E-state index in [2.05, 4.69) is 19.2 Å². The highest BCUT2D eigenvalue weighted by Crippen LogP contribution is 2.11. The number of aliphatic carboxylic acids is 1. The van der Waals surface area contributed by atoms with Gasteiger partial charge in [0, 0.05) is 12.0 Å². The molecule has 0 aliphatic rings. The van der Waals surface area contributed by atoms with Crippen molar-refractivity contribution in [3.63, 3.8) is 0 Å². The number of benzene rings is 1. The predicted molar refractivity (Wildman–Crippen MR) is 83.7 cm³/mol. The van der Waals surface area contributed by atoms with Crippen molar-refractivity contribution in [2.75, 3.05) is 6.54 Å². The Bertz CT molecular complexity index is 454. The number of rotatable bonds is 10. The Morgan fingerprint density at radius 2 is 1.86 bits per heavy atom. The largest absolute Gasteiger partial charge is 0.481 e. The molecule has 2 N–H and O–H groups in total. The van der Waals surface area contributed by atoms with Gasteiger partial charge >= 0.3 is 5.97 Å². The molecule has 0 bridgehead atoms. The average molecular weight is 291 g/mol. The van der Waals surface area contributed by atoms with Gasteiger partial charge in [0.05, 0.1) is 6.04 Å². The first-order chi connectivity index (χ1) is 10.1. The summed E-state index contributed by atoms with van der Waals surface area (Å²) in [5.74, 6) is -0.888.